The largest absolute Gasteiger partial charge is 0.481 e. The molecule has 1 heterocycles. The molecule has 6 unspecified atom stereocenters. The van der Waals surface area contributed by atoms with Crippen LogP contribution >= 0.6 is 23.2 Å². The van der Waals surface area contributed by atoms with Gasteiger partial charge in [-0.25, -0.2) is 14.4 Å². The molecular weight excluding hydrogens is 1400 g/mol. The van der Waals surface area contributed by atoms with Crippen LogP contribution in [0, 0.1) is 17.8 Å². The van der Waals surface area contributed by atoms with Crippen LogP contribution in [0.25, 0.3) is 0 Å². The number of aliphatic hydroxyl groups excluding tert-OH is 1. The van der Waals surface area contributed by atoms with Crippen molar-refractivity contribution in [3.8, 4) is 17.2 Å². The number of para-hydroxylation sites is 2. The summed E-state index contributed by atoms with van der Waals surface area (Å²) in [6.45, 7) is 2.47. The predicted octanol–water partition coefficient (Wildman–Crippen LogP) is 10.0. The summed E-state index contributed by atoms with van der Waals surface area (Å²) in [5.74, 6) is -16.1. The molecule has 12 rings (SSSR count). The van der Waals surface area contributed by atoms with E-state index in [2.05, 4.69) is 5.32 Å². The molecular formula is C75H63Cl2NO26. The third kappa shape index (κ3) is 21.2. The van der Waals surface area contributed by atoms with E-state index in [1.807, 2.05) is 18.2 Å². The van der Waals surface area contributed by atoms with Crippen molar-refractivity contribution in [2.24, 2.45) is 17.8 Å². The Bertz CT molecular complexity index is 4560. The van der Waals surface area contributed by atoms with Crippen LogP contribution in [0.5, 0.6) is 17.2 Å². The van der Waals surface area contributed by atoms with Gasteiger partial charge in [0, 0.05) is 54.7 Å². The number of aryl methyl sites for hydroxylation is 1. The first-order valence-corrected chi connectivity index (χ1v) is 31.6. The maximum Gasteiger partial charge on any atom is 0.353 e. The molecule has 6 atom stereocenters. The van der Waals surface area contributed by atoms with Gasteiger partial charge in [-0.1, -0.05) is 163 Å². The number of rotatable bonds is 17. The van der Waals surface area contributed by atoms with Crippen LogP contribution in [0.3, 0.4) is 0 Å². The number of fused-ring (bicyclic) bond motifs is 4. The molecule has 104 heavy (non-hydrogen) atoms. The van der Waals surface area contributed by atoms with Crippen molar-refractivity contribution in [3.63, 3.8) is 0 Å². The number of aliphatic carboxylic acids is 8. The zero-order valence-electron chi connectivity index (χ0n) is 54.6. The van der Waals surface area contributed by atoms with E-state index in [1.54, 1.807) is 146 Å². The number of Topliss-reactive ketones (excluding diaryl/α,β-unsaturated/α-hetero) is 5. The van der Waals surface area contributed by atoms with E-state index < -0.39 is 113 Å². The number of nitrogens with one attached hydrogen (secondary N) is 1. The molecule has 538 valence electrons. The second-order valence-electron chi connectivity index (χ2n) is 22.3. The Hall–Kier alpha value is -12.7. The summed E-state index contributed by atoms with van der Waals surface area (Å²) >= 11 is 11.6. The number of benzene rings is 8. The van der Waals surface area contributed by atoms with Gasteiger partial charge in [-0.3, -0.25) is 52.7 Å². The van der Waals surface area contributed by atoms with E-state index in [-0.39, 0.29) is 47.0 Å². The van der Waals surface area contributed by atoms with Crippen LogP contribution < -0.4 is 19.5 Å². The number of hydrogen-bond donors (Lipinski definition) is 10. The molecule has 27 nitrogen and oxygen atoms in total. The van der Waals surface area contributed by atoms with Gasteiger partial charge in [0.15, 0.2) is 47.0 Å². The molecule has 0 bridgehead atoms. The molecule has 0 amide bonds. The van der Waals surface area contributed by atoms with Gasteiger partial charge in [0.25, 0.3) is 6.10 Å². The molecule has 0 saturated heterocycles. The molecule has 29 heteroatoms. The fourth-order valence-electron chi connectivity index (χ4n) is 10.2. The molecule has 0 radical (unpaired) electrons. The summed E-state index contributed by atoms with van der Waals surface area (Å²) in [6.07, 6.45) is -2.04. The lowest BCUT2D eigenvalue weighted by Crippen LogP contribution is -2.30. The summed E-state index contributed by atoms with van der Waals surface area (Å²) in [7, 11) is 0. The third-order valence-corrected chi connectivity index (χ3v) is 15.8. The van der Waals surface area contributed by atoms with Crippen molar-refractivity contribution in [3.05, 3.63) is 260 Å². The quantitative estimate of drug-likeness (QED) is 0.0299. The molecule has 8 aromatic carbocycles. The van der Waals surface area contributed by atoms with E-state index in [1.165, 1.54) is 44.2 Å². The van der Waals surface area contributed by atoms with Crippen molar-refractivity contribution >= 4 is 111 Å². The van der Waals surface area contributed by atoms with Gasteiger partial charge in [0.2, 0.25) is 5.78 Å². The Morgan fingerprint density at radius 1 is 0.490 bits per heavy atom. The number of carboxylic acids is 8. The van der Waals surface area contributed by atoms with Crippen LogP contribution in [0.2, 0.25) is 10.0 Å². The molecule has 8 aromatic rings. The normalized spacial score (nSPS) is 15.9. The molecule has 10 N–H and O–H groups in total. The number of anilines is 1. The average Bonchev–Trinajstić information content (AvgIpc) is 1.62. The Morgan fingerprint density at radius 2 is 1.02 bits per heavy atom. The van der Waals surface area contributed by atoms with Crippen molar-refractivity contribution in [2.45, 2.75) is 57.5 Å². The molecule has 4 aliphatic rings. The van der Waals surface area contributed by atoms with Gasteiger partial charge in [-0.2, -0.15) is 0 Å². The highest BCUT2D eigenvalue weighted by Crippen LogP contribution is 2.38. The van der Waals surface area contributed by atoms with E-state index in [9.17, 15) is 67.1 Å². The van der Waals surface area contributed by atoms with Gasteiger partial charge >= 0.3 is 47.8 Å². The fourth-order valence-corrected chi connectivity index (χ4v) is 10.6. The Balaban J connectivity index is 0.000000191. The number of halogens is 2. The summed E-state index contributed by atoms with van der Waals surface area (Å²) in [5, 5.41) is 82.5. The Kier molecular flexibility index (Phi) is 29.0. The van der Waals surface area contributed by atoms with Gasteiger partial charge in [-0.05, 0) is 92.4 Å². The molecule has 0 aromatic heterocycles. The van der Waals surface area contributed by atoms with Gasteiger partial charge in [0.1, 0.15) is 41.5 Å². The predicted molar refractivity (Wildman–Crippen MR) is 368 cm³/mol. The van der Waals surface area contributed by atoms with Crippen LogP contribution in [0.15, 0.2) is 194 Å². The van der Waals surface area contributed by atoms with E-state index in [4.69, 9.17) is 83.4 Å². The fraction of sp³-hybridized carbons (Fsp3) is 0.173. The SMILES string of the molecule is CC(Oc1cccc(Cl)c1)C(=O)O.CC(Oc1ccccc1CO)C(=O)O.O=C(O)C1C(=O)c2ccccc2C1=O.O=C(O)C1C(=O)c2ccccc2C1C(=O)O.O=C(O)C1CCc2ccccc2C1=O.O=C(O)C1Oc2ccccc2C1=O.O=C(O)CNc1ccc(Cl)cc1C(=O)c1ccccc1. The number of hydrogen-bond acceptors (Lipinski definition) is 19. The Labute approximate surface area is 600 Å². The van der Waals surface area contributed by atoms with Crippen molar-refractivity contribution in [1.82, 2.24) is 0 Å². The molecule has 0 fully saturated rings. The lowest BCUT2D eigenvalue weighted by Gasteiger charge is -2.19. The number of ether oxygens (including phenoxy) is 3. The summed E-state index contributed by atoms with van der Waals surface area (Å²) in [4.78, 5) is 155. The van der Waals surface area contributed by atoms with E-state index in [0.29, 0.717) is 73.6 Å². The number of carbonyl (C=O) groups is 14. The number of carbonyl (C=O) groups excluding carboxylic acids is 6. The Morgan fingerprint density at radius 3 is 1.57 bits per heavy atom. The smallest absolute Gasteiger partial charge is 0.353 e. The van der Waals surface area contributed by atoms with Crippen LogP contribution in [-0.2, 0) is 51.4 Å². The van der Waals surface area contributed by atoms with Gasteiger partial charge in [0.05, 0.1) is 12.2 Å². The molecule has 0 spiro atoms. The maximum atomic E-state index is 12.4. The average molecular weight is 1470 g/mol. The summed E-state index contributed by atoms with van der Waals surface area (Å²) in [6, 6.07) is 52.9. The highest BCUT2D eigenvalue weighted by atomic mass is 35.5. The highest BCUT2D eigenvalue weighted by Gasteiger charge is 2.48. The lowest BCUT2D eigenvalue weighted by molar-refractivity contribution is -0.148. The standard InChI is InChI=1S/C15H12ClNO3.C11H8O5.C11H10O3.C10H6O4.C10H12O4.C9H9ClO3.C9H6O4/c16-11-6-7-13(17-9-14(18)19)12(8-11)15(20)10-4-2-1-3-5-10;12-9-6-4-2-1-3-5(6)7(10(13)14)8(9)11(15)16;12-10-8-4-2-1-3-7(8)5-6-9(10)11(13)14;11-8-5-3-1-2-4-6(5)9(12)7(8)10(13)14;1-7(10(12)13)14-9-5-3-2-4-8(9)6-11;1-6(9(11)12)13-8-4-2-3-7(10)5-8;10-7-5-3-1-2-4-6(5)13-8(7)9(11)12/h1-8,17H,9H2,(H,18,19);1-4,7-8H,(H,13,14)(H,15,16);1-4,9H,5-6H2,(H,13,14);1-4,7H,(H,13,14);2-5,7,11H,6H2,1H3,(H,12,13);2-6H,1H3,(H,11,12);1-4,8H,(H,11,12). The van der Waals surface area contributed by atoms with Crippen molar-refractivity contribution in [1.29, 1.82) is 0 Å². The first-order chi connectivity index (χ1) is 49.4. The number of ketones is 6. The van der Waals surface area contributed by atoms with Crippen LogP contribution in [-0.4, -0.2) is 153 Å². The second kappa shape index (κ2) is 37.6. The summed E-state index contributed by atoms with van der Waals surface area (Å²) < 4.78 is 15.1. The minimum Gasteiger partial charge on any atom is -0.481 e. The third-order valence-electron chi connectivity index (χ3n) is 15.3. The minimum absolute atomic E-state index is 0.164. The molecule has 3 aliphatic carbocycles. The topological polar surface area (TPSA) is 461 Å². The number of aliphatic hydroxyl groups is 1. The number of carboxylic acid groups (broad SMARTS) is 8. The van der Waals surface area contributed by atoms with Gasteiger partial charge < -0.3 is 65.5 Å². The zero-order valence-corrected chi connectivity index (χ0v) is 56.1. The zero-order chi connectivity index (χ0) is 76.6. The second-order valence-corrected chi connectivity index (χ2v) is 23.2. The van der Waals surface area contributed by atoms with Gasteiger partial charge in [-0.15, -0.1) is 0 Å². The monoisotopic (exact) mass is 1460 g/mol. The highest BCUT2D eigenvalue weighted by molar-refractivity contribution is 6.34. The van der Waals surface area contributed by atoms with E-state index in [0.717, 1.165) is 5.56 Å². The van der Waals surface area contributed by atoms with Crippen LogP contribution in [0.1, 0.15) is 111 Å². The molecule has 1 aliphatic heterocycles. The molecule has 0 saturated carbocycles. The lowest BCUT2D eigenvalue weighted by atomic mass is 9.83. The van der Waals surface area contributed by atoms with Crippen LogP contribution in [0.4, 0.5) is 5.69 Å². The first-order valence-electron chi connectivity index (χ1n) is 30.8. The van der Waals surface area contributed by atoms with Crippen molar-refractivity contribution < 1.29 is 127 Å². The maximum absolute atomic E-state index is 12.4. The first kappa shape index (κ1) is 80.3. The minimum atomic E-state index is -1.53. The van der Waals surface area contributed by atoms with E-state index >= 15 is 0 Å². The summed E-state index contributed by atoms with van der Waals surface area (Å²) in [5.41, 5.74) is 4.70. The van der Waals surface area contributed by atoms with Crippen molar-refractivity contribution in [2.75, 3.05) is 11.9 Å².